The van der Waals surface area contributed by atoms with Crippen molar-refractivity contribution in [3.05, 3.63) is 39.7 Å². The Balaban J connectivity index is 1.78. The Bertz CT molecular complexity index is 1270. The van der Waals surface area contributed by atoms with E-state index in [4.69, 9.17) is 20.5 Å². The topological polar surface area (TPSA) is 170 Å². The number of primary amides is 1. The molecular weight excluding hydrogens is 492 g/mol. The van der Waals surface area contributed by atoms with Crippen molar-refractivity contribution in [1.29, 1.82) is 5.26 Å². The van der Waals surface area contributed by atoms with Gasteiger partial charge in [0.25, 0.3) is 5.91 Å². The largest absolute Gasteiger partial charge is 0.449 e. The van der Waals surface area contributed by atoms with Gasteiger partial charge in [0.2, 0.25) is 0 Å². The predicted octanol–water partition coefficient (Wildman–Crippen LogP) is 2.93. The van der Waals surface area contributed by atoms with Crippen LogP contribution in [-0.4, -0.2) is 51.2 Å². The lowest BCUT2D eigenvalue weighted by Gasteiger charge is -2.22. The predicted molar refractivity (Wildman–Crippen MR) is 128 cm³/mol. The highest BCUT2D eigenvalue weighted by Gasteiger charge is 2.27. The second-order valence-electron chi connectivity index (χ2n) is 8.11. The van der Waals surface area contributed by atoms with E-state index in [2.05, 4.69) is 20.3 Å². The highest BCUT2D eigenvalue weighted by atomic mass is 32.1. The molecule has 3 heterocycles. The molecule has 3 aromatic rings. The molecule has 0 radical (unpaired) electrons. The van der Waals surface area contributed by atoms with Gasteiger partial charge in [-0.05, 0) is 32.9 Å². The summed E-state index contributed by atoms with van der Waals surface area (Å²) < 4.78 is 10.1. The molecule has 182 valence electrons. The van der Waals surface area contributed by atoms with Crippen molar-refractivity contribution in [2.75, 3.05) is 6.61 Å². The molecule has 0 unspecified atom stereocenters. The number of esters is 1. The van der Waals surface area contributed by atoms with Crippen molar-refractivity contribution in [3.63, 3.8) is 0 Å². The third kappa shape index (κ3) is 7.29. The lowest BCUT2D eigenvalue weighted by atomic mass is 10.2. The lowest BCUT2D eigenvalue weighted by Crippen LogP contribution is -2.45. The van der Waals surface area contributed by atoms with Crippen LogP contribution < -0.4 is 11.1 Å². The fraction of sp³-hybridized carbons (Fsp3) is 0.318. The molecule has 0 saturated heterocycles. The number of nitrogens with one attached hydrogen (secondary N) is 1. The third-order valence-electron chi connectivity index (χ3n) is 4.17. The second kappa shape index (κ2) is 11.0. The number of carbonyl (C=O) groups excluding carboxylic acids is 3. The van der Waals surface area contributed by atoms with Crippen LogP contribution in [0.1, 0.15) is 36.3 Å². The van der Waals surface area contributed by atoms with Crippen LogP contribution in [0.25, 0.3) is 22.1 Å². The molecule has 0 saturated carbocycles. The molecule has 11 nitrogen and oxygen atoms in total. The first-order chi connectivity index (χ1) is 16.6. The van der Waals surface area contributed by atoms with E-state index in [9.17, 15) is 14.4 Å². The van der Waals surface area contributed by atoms with Crippen molar-refractivity contribution >= 4 is 40.6 Å². The minimum absolute atomic E-state index is 0.0301. The van der Waals surface area contributed by atoms with Gasteiger partial charge >= 0.3 is 12.1 Å². The number of ether oxygens (including phenoxy) is 2. The minimum atomic E-state index is -1.10. The molecule has 35 heavy (non-hydrogen) atoms. The van der Waals surface area contributed by atoms with Crippen LogP contribution in [0.2, 0.25) is 0 Å². The number of amides is 2. The van der Waals surface area contributed by atoms with E-state index in [1.165, 1.54) is 22.7 Å². The van der Waals surface area contributed by atoms with Gasteiger partial charge in [0.15, 0.2) is 6.61 Å². The molecule has 0 aliphatic heterocycles. The number of hydrogen-bond donors (Lipinski definition) is 2. The molecule has 2 amide bonds. The van der Waals surface area contributed by atoms with Crippen LogP contribution in [0.15, 0.2) is 29.0 Å². The van der Waals surface area contributed by atoms with Gasteiger partial charge in [0.05, 0.1) is 22.1 Å². The van der Waals surface area contributed by atoms with Gasteiger partial charge in [-0.1, -0.05) is 6.07 Å². The maximum absolute atomic E-state index is 12.4. The third-order valence-corrected chi connectivity index (χ3v) is 5.91. The Labute approximate surface area is 208 Å². The van der Waals surface area contributed by atoms with Crippen LogP contribution >= 0.6 is 22.7 Å². The summed E-state index contributed by atoms with van der Waals surface area (Å²) in [5.74, 6) is -1.39. The summed E-state index contributed by atoms with van der Waals surface area (Å²) in [6.07, 6.45) is -0.760. The van der Waals surface area contributed by atoms with Crippen LogP contribution in [0.3, 0.4) is 0 Å². The zero-order valence-electron chi connectivity index (χ0n) is 19.1. The fourth-order valence-electron chi connectivity index (χ4n) is 2.75. The number of aromatic nitrogens is 3. The average Bonchev–Trinajstić information content (AvgIpc) is 3.46. The molecule has 1 atom stereocenters. The maximum atomic E-state index is 12.4. The zero-order chi connectivity index (χ0) is 25.6. The van der Waals surface area contributed by atoms with Crippen LogP contribution in [-0.2, 0) is 20.7 Å². The molecule has 0 bridgehead atoms. The summed E-state index contributed by atoms with van der Waals surface area (Å²) >= 11 is 2.52. The molecule has 0 aliphatic rings. The Morgan fingerprint density at radius 1 is 1.11 bits per heavy atom. The van der Waals surface area contributed by atoms with E-state index in [0.717, 1.165) is 0 Å². The summed E-state index contributed by atoms with van der Waals surface area (Å²) in [5, 5.41) is 15.6. The normalized spacial score (nSPS) is 11.8. The SMILES string of the molecule is CC(C)(C)OC(=O)N[C@@H](Cc1nc(-c2cccc(-c3nc(C(N)=O)cs3)n2)cs1)C(=O)OCC#N. The van der Waals surface area contributed by atoms with Crippen molar-refractivity contribution in [1.82, 2.24) is 20.3 Å². The molecule has 3 aromatic heterocycles. The number of hydrogen-bond acceptors (Lipinski definition) is 11. The summed E-state index contributed by atoms with van der Waals surface area (Å²) in [4.78, 5) is 49.2. The number of nitrogens with two attached hydrogens (primary N) is 1. The minimum Gasteiger partial charge on any atom is -0.449 e. The van der Waals surface area contributed by atoms with Crippen LogP contribution in [0, 0.1) is 11.3 Å². The Kier molecular flexibility index (Phi) is 8.10. The van der Waals surface area contributed by atoms with Gasteiger partial charge in [-0.15, -0.1) is 22.7 Å². The summed E-state index contributed by atoms with van der Waals surface area (Å²) in [6.45, 7) is 4.65. The number of nitriles is 1. The van der Waals surface area contributed by atoms with E-state index in [1.807, 2.05) is 0 Å². The average molecular weight is 515 g/mol. The van der Waals surface area contributed by atoms with E-state index in [-0.39, 0.29) is 12.1 Å². The standard InChI is InChI=1S/C22H22N6O5S2/c1-22(2,3)33-21(31)28-14(20(30)32-8-7-23)9-17-26-15(10-34-17)12-5-4-6-13(25-12)19-27-16(11-35-19)18(24)29/h4-6,10-11,14H,8-9H2,1-3H3,(H2,24,29)(H,28,31)/t14-/m0/s1. The first-order valence-electron chi connectivity index (χ1n) is 10.3. The highest BCUT2D eigenvalue weighted by molar-refractivity contribution is 7.13. The smallest absolute Gasteiger partial charge is 0.408 e. The molecule has 3 N–H and O–H groups in total. The Morgan fingerprint density at radius 3 is 2.51 bits per heavy atom. The summed E-state index contributed by atoms with van der Waals surface area (Å²) in [7, 11) is 0. The zero-order valence-corrected chi connectivity index (χ0v) is 20.7. The van der Waals surface area contributed by atoms with E-state index in [0.29, 0.717) is 27.1 Å². The molecule has 3 rings (SSSR count). The van der Waals surface area contributed by atoms with Crippen LogP contribution in [0.5, 0.6) is 0 Å². The molecule has 0 aliphatic carbocycles. The quantitative estimate of drug-likeness (QED) is 0.429. The van der Waals surface area contributed by atoms with E-state index >= 15 is 0 Å². The molecule has 0 spiro atoms. The molecule has 0 fully saturated rings. The van der Waals surface area contributed by atoms with Crippen LogP contribution in [0.4, 0.5) is 4.79 Å². The number of alkyl carbamates (subject to hydrolysis) is 1. The lowest BCUT2D eigenvalue weighted by molar-refractivity contribution is -0.144. The van der Waals surface area contributed by atoms with Crippen molar-refractivity contribution in [3.8, 4) is 28.2 Å². The summed E-state index contributed by atoms with van der Waals surface area (Å²) in [5.41, 5.74) is 6.35. The molecule has 0 aromatic carbocycles. The van der Waals surface area contributed by atoms with Gasteiger partial charge in [-0.3, -0.25) is 4.79 Å². The summed E-state index contributed by atoms with van der Waals surface area (Å²) in [6, 6.07) is 5.93. The van der Waals surface area contributed by atoms with Gasteiger partial charge in [0, 0.05) is 17.2 Å². The van der Waals surface area contributed by atoms with Crippen molar-refractivity contribution in [2.24, 2.45) is 5.73 Å². The number of rotatable bonds is 8. The Hall–Kier alpha value is -3.89. The van der Waals surface area contributed by atoms with Gasteiger partial charge in [0.1, 0.15) is 28.4 Å². The highest BCUT2D eigenvalue weighted by Crippen LogP contribution is 2.26. The van der Waals surface area contributed by atoms with E-state index in [1.54, 1.807) is 55.8 Å². The van der Waals surface area contributed by atoms with Gasteiger partial charge < -0.3 is 20.5 Å². The monoisotopic (exact) mass is 514 g/mol. The van der Waals surface area contributed by atoms with Crippen molar-refractivity contribution in [2.45, 2.75) is 38.8 Å². The number of carbonyl (C=O) groups is 3. The van der Waals surface area contributed by atoms with Gasteiger partial charge in [-0.25, -0.2) is 24.5 Å². The molecular formula is C22H22N6O5S2. The fourth-order valence-corrected chi connectivity index (χ4v) is 4.36. The Morgan fingerprint density at radius 2 is 1.86 bits per heavy atom. The first kappa shape index (κ1) is 25.7. The first-order valence-corrected chi connectivity index (χ1v) is 12.0. The second-order valence-corrected chi connectivity index (χ2v) is 9.91. The van der Waals surface area contributed by atoms with E-state index < -0.39 is 36.2 Å². The van der Waals surface area contributed by atoms with Gasteiger partial charge in [-0.2, -0.15) is 5.26 Å². The maximum Gasteiger partial charge on any atom is 0.408 e. The number of nitrogens with zero attached hydrogens (tertiary/aromatic N) is 4. The van der Waals surface area contributed by atoms with Crippen molar-refractivity contribution < 1.29 is 23.9 Å². The number of pyridine rings is 1. The number of thiazole rings is 2. The molecule has 13 heteroatoms.